The van der Waals surface area contributed by atoms with E-state index in [1.807, 2.05) is 0 Å². The van der Waals surface area contributed by atoms with Crippen molar-refractivity contribution in [3.8, 4) is 0 Å². The Balaban J connectivity index is 3.51. The molecule has 0 fully saturated rings. The van der Waals surface area contributed by atoms with Crippen LogP contribution in [-0.2, 0) is 0 Å². The fourth-order valence-electron chi connectivity index (χ4n) is 2.51. The van der Waals surface area contributed by atoms with Gasteiger partial charge in [0.25, 0.3) is 0 Å². The molecule has 0 aromatic rings. The maximum absolute atomic E-state index is 3.49. The summed E-state index contributed by atoms with van der Waals surface area (Å²) in [5.41, 5.74) is 0. The van der Waals surface area contributed by atoms with Gasteiger partial charge in [-0.15, -0.1) is 0 Å². The van der Waals surface area contributed by atoms with Crippen LogP contribution in [0.25, 0.3) is 0 Å². The molecule has 0 aromatic carbocycles. The standard InChI is InChI=1S/C17H39N3/c1-6-19(7-2)15-12-16-20(8-3)14-11-9-10-13-18-17(4)5/h17-18H,6-16H2,1-5H3. The van der Waals surface area contributed by atoms with Crippen LogP contribution in [0.5, 0.6) is 0 Å². The van der Waals surface area contributed by atoms with Crippen LogP contribution in [0.2, 0.25) is 0 Å². The highest BCUT2D eigenvalue weighted by Crippen LogP contribution is 2.01. The third-order valence-electron chi connectivity index (χ3n) is 3.99. The van der Waals surface area contributed by atoms with E-state index < -0.39 is 0 Å². The quantitative estimate of drug-likeness (QED) is 0.494. The van der Waals surface area contributed by atoms with Crippen molar-refractivity contribution in [2.45, 2.75) is 66.3 Å². The molecule has 0 saturated carbocycles. The van der Waals surface area contributed by atoms with Crippen LogP contribution in [-0.4, -0.2) is 61.7 Å². The van der Waals surface area contributed by atoms with Crippen LogP contribution in [0.3, 0.4) is 0 Å². The number of nitrogens with one attached hydrogen (secondary N) is 1. The topological polar surface area (TPSA) is 18.5 Å². The van der Waals surface area contributed by atoms with Gasteiger partial charge in [0.15, 0.2) is 0 Å². The van der Waals surface area contributed by atoms with Crippen molar-refractivity contribution in [1.29, 1.82) is 0 Å². The van der Waals surface area contributed by atoms with Crippen LogP contribution in [0.4, 0.5) is 0 Å². The number of rotatable bonds is 14. The van der Waals surface area contributed by atoms with E-state index in [4.69, 9.17) is 0 Å². The maximum atomic E-state index is 3.49. The summed E-state index contributed by atoms with van der Waals surface area (Å²) >= 11 is 0. The molecule has 0 aliphatic rings. The van der Waals surface area contributed by atoms with Gasteiger partial charge in [0.2, 0.25) is 0 Å². The highest BCUT2D eigenvalue weighted by Gasteiger charge is 2.04. The van der Waals surface area contributed by atoms with E-state index in [-0.39, 0.29) is 0 Å². The van der Waals surface area contributed by atoms with Gasteiger partial charge in [0, 0.05) is 6.04 Å². The first-order chi connectivity index (χ1) is 9.63. The van der Waals surface area contributed by atoms with Crippen LogP contribution >= 0.6 is 0 Å². The average Bonchev–Trinajstić information content (AvgIpc) is 2.44. The number of hydrogen-bond donors (Lipinski definition) is 1. The molecule has 3 heteroatoms. The highest BCUT2D eigenvalue weighted by atomic mass is 15.1. The Kier molecular flexibility index (Phi) is 13.8. The summed E-state index contributed by atoms with van der Waals surface area (Å²) in [5, 5.41) is 3.49. The molecule has 0 aliphatic carbocycles. The summed E-state index contributed by atoms with van der Waals surface area (Å²) in [4.78, 5) is 5.13. The Bertz CT molecular complexity index is 191. The van der Waals surface area contributed by atoms with E-state index in [0.29, 0.717) is 6.04 Å². The molecule has 0 bridgehead atoms. The summed E-state index contributed by atoms with van der Waals surface area (Å²) in [6.45, 7) is 19.8. The second-order valence-corrected chi connectivity index (χ2v) is 5.98. The minimum Gasteiger partial charge on any atom is -0.315 e. The largest absolute Gasteiger partial charge is 0.315 e. The van der Waals surface area contributed by atoms with Crippen LogP contribution in [0.1, 0.15) is 60.3 Å². The minimum absolute atomic E-state index is 0.627. The summed E-state index contributed by atoms with van der Waals surface area (Å²) in [6, 6.07) is 0.627. The Morgan fingerprint density at radius 3 is 1.80 bits per heavy atom. The second-order valence-electron chi connectivity index (χ2n) is 5.98. The SMILES string of the molecule is CCN(CC)CCCN(CC)CCCCCNC(C)C. The monoisotopic (exact) mass is 285 g/mol. The molecule has 0 spiro atoms. The van der Waals surface area contributed by atoms with Crippen molar-refractivity contribution in [1.82, 2.24) is 15.1 Å². The lowest BCUT2D eigenvalue weighted by Crippen LogP contribution is -2.30. The molecule has 0 amide bonds. The molecule has 1 N–H and O–H groups in total. The smallest absolute Gasteiger partial charge is 0.00103 e. The Morgan fingerprint density at radius 2 is 1.25 bits per heavy atom. The normalized spacial score (nSPS) is 12.0. The first-order valence-corrected chi connectivity index (χ1v) is 8.82. The molecule has 0 heterocycles. The summed E-state index contributed by atoms with van der Waals surface area (Å²) < 4.78 is 0. The van der Waals surface area contributed by atoms with Gasteiger partial charge in [-0.25, -0.2) is 0 Å². The van der Waals surface area contributed by atoms with Gasteiger partial charge in [-0.3, -0.25) is 0 Å². The lowest BCUT2D eigenvalue weighted by molar-refractivity contribution is 0.240. The zero-order valence-corrected chi connectivity index (χ0v) is 14.7. The van der Waals surface area contributed by atoms with Crippen molar-refractivity contribution < 1.29 is 0 Å². The summed E-state index contributed by atoms with van der Waals surface area (Å²) in [7, 11) is 0. The van der Waals surface area contributed by atoms with E-state index in [2.05, 4.69) is 49.7 Å². The van der Waals surface area contributed by atoms with Gasteiger partial charge in [0.05, 0.1) is 0 Å². The lowest BCUT2D eigenvalue weighted by Gasteiger charge is -2.23. The van der Waals surface area contributed by atoms with E-state index in [1.165, 1.54) is 71.5 Å². The first-order valence-electron chi connectivity index (χ1n) is 8.82. The predicted octanol–water partition coefficient (Wildman–Crippen LogP) is 3.21. The Labute approximate surface area is 128 Å². The average molecular weight is 286 g/mol. The molecule has 122 valence electrons. The molecular formula is C17H39N3. The number of hydrogen-bond acceptors (Lipinski definition) is 3. The molecule has 20 heavy (non-hydrogen) atoms. The van der Waals surface area contributed by atoms with Gasteiger partial charge in [-0.1, -0.05) is 41.0 Å². The van der Waals surface area contributed by atoms with Gasteiger partial charge >= 0.3 is 0 Å². The van der Waals surface area contributed by atoms with Crippen LogP contribution < -0.4 is 5.32 Å². The third-order valence-corrected chi connectivity index (χ3v) is 3.99. The van der Waals surface area contributed by atoms with E-state index >= 15 is 0 Å². The molecule has 0 atom stereocenters. The maximum Gasteiger partial charge on any atom is 0.00103 e. The summed E-state index contributed by atoms with van der Waals surface area (Å²) in [5.74, 6) is 0. The molecule has 0 unspecified atom stereocenters. The van der Waals surface area contributed by atoms with Crippen molar-refractivity contribution in [2.24, 2.45) is 0 Å². The highest BCUT2D eigenvalue weighted by molar-refractivity contribution is 4.60. The zero-order valence-electron chi connectivity index (χ0n) is 14.7. The van der Waals surface area contributed by atoms with Crippen molar-refractivity contribution in [3.05, 3.63) is 0 Å². The molecule has 0 saturated heterocycles. The van der Waals surface area contributed by atoms with Crippen molar-refractivity contribution >= 4 is 0 Å². The molecule has 0 aromatic heterocycles. The number of nitrogens with zero attached hydrogens (tertiary/aromatic N) is 2. The van der Waals surface area contributed by atoms with Gasteiger partial charge < -0.3 is 15.1 Å². The lowest BCUT2D eigenvalue weighted by atomic mass is 10.2. The van der Waals surface area contributed by atoms with Crippen LogP contribution in [0, 0.1) is 0 Å². The molecule has 0 radical (unpaired) electrons. The Hall–Kier alpha value is -0.120. The van der Waals surface area contributed by atoms with Gasteiger partial charge in [-0.05, 0) is 65.1 Å². The first kappa shape index (κ1) is 19.9. The fraction of sp³-hybridized carbons (Fsp3) is 1.00. The van der Waals surface area contributed by atoms with E-state index in [9.17, 15) is 0 Å². The predicted molar refractivity (Wildman–Crippen MR) is 91.5 cm³/mol. The summed E-state index contributed by atoms with van der Waals surface area (Å²) in [6.07, 6.45) is 5.32. The zero-order chi connectivity index (χ0) is 15.2. The Morgan fingerprint density at radius 1 is 0.700 bits per heavy atom. The fourth-order valence-corrected chi connectivity index (χ4v) is 2.51. The van der Waals surface area contributed by atoms with Crippen LogP contribution in [0.15, 0.2) is 0 Å². The van der Waals surface area contributed by atoms with Crippen molar-refractivity contribution in [3.63, 3.8) is 0 Å². The molecular weight excluding hydrogens is 246 g/mol. The molecule has 3 nitrogen and oxygen atoms in total. The van der Waals surface area contributed by atoms with E-state index in [0.717, 1.165) is 0 Å². The third kappa shape index (κ3) is 11.7. The van der Waals surface area contributed by atoms with Gasteiger partial charge in [-0.2, -0.15) is 0 Å². The minimum atomic E-state index is 0.627. The van der Waals surface area contributed by atoms with Gasteiger partial charge in [0.1, 0.15) is 0 Å². The second kappa shape index (κ2) is 13.8. The molecule has 0 aliphatic heterocycles. The van der Waals surface area contributed by atoms with E-state index in [1.54, 1.807) is 0 Å². The van der Waals surface area contributed by atoms with Crippen molar-refractivity contribution in [2.75, 3.05) is 45.8 Å². The molecule has 0 rings (SSSR count). The number of unbranched alkanes of at least 4 members (excludes halogenated alkanes) is 2.